The summed E-state index contributed by atoms with van der Waals surface area (Å²) < 4.78 is 0. The van der Waals surface area contributed by atoms with Gasteiger partial charge in [-0.05, 0) is 31.7 Å². The molecule has 2 N–H and O–H groups in total. The molecule has 4 nitrogen and oxygen atoms in total. The van der Waals surface area contributed by atoms with Gasteiger partial charge in [-0.3, -0.25) is 4.79 Å². The number of aliphatic carboxylic acids is 1. The molecule has 16 heavy (non-hydrogen) atoms. The van der Waals surface area contributed by atoms with Crippen molar-refractivity contribution in [2.45, 2.75) is 45.1 Å². The summed E-state index contributed by atoms with van der Waals surface area (Å²) in [5, 5.41) is 18.9. The van der Waals surface area contributed by atoms with Crippen LogP contribution in [0.3, 0.4) is 0 Å². The first-order valence-corrected chi connectivity index (χ1v) is 6.15. The lowest BCUT2D eigenvalue weighted by molar-refractivity contribution is -0.138. The van der Waals surface area contributed by atoms with Crippen LogP contribution in [0.25, 0.3) is 0 Å². The Morgan fingerprint density at radius 2 is 2.06 bits per heavy atom. The largest absolute Gasteiger partial charge is 0.481 e. The van der Waals surface area contributed by atoms with E-state index in [1.165, 1.54) is 0 Å². The predicted octanol–water partition coefficient (Wildman–Crippen LogP) is 1.33. The molecule has 0 amide bonds. The number of hydrogen-bond donors (Lipinski definition) is 2. The molecule has 0 bridgehead atoms. The monoisotopic (exact) mass is 229 g/mol. The van der Waals surface area contributed by atoms with E-state index in [1.807, 2.05) is 13.8 Å². The molecule has 0 saturated carbocycles. The number of likely N-dealkylation sites (tertiary alicyclic amines) is 1. The standard InChI is InChI=1S/C12H23NO3/c1-3-12(16,4-2)9-13-6-5-10(8-13)7-11(14)15/h10,16H,3-9H2,1-2H3,(H,14,15). The molecule has 1 saturated heterocycles. The molecule has 1 rings (SSSR count). The Morgan fingerprint density at radius 1 is 1.44 bits per heavy atom. The van der Waals surface area contributed by atoms with Crippen LogP contribution in [0.15, 0.2) is 0 Å². The topological polar surface area (TPSA) is 60.8 Å². The van der Waals surface area contributed by atoms with Crippen molar-refractivity contribution in [2.75, 3.05) is 19.6 Å². The fourth-order valence-corrected chi connectivity index (χ4v) is 2.36. The molecule has 0 aromatic rings. The normalized spacial score (nSPS) is 22.6. The molecular weight excluding hydrogens is 206 g/mol. The van der Waals surface area contributed by atoms with E-state index < -0.39 is 11.6 Å². The van der Waals surface area contributed by atoms with E-state index >= 15 is 0 Å². The number of β-amino-alcohol motifs (C(OH)–C–C–N with tert-alkyl or cyclic N) is 1. The van der Waals surface area contributed by atoms with Crippen LogP contribution in [0, 0.1) is 5.92 Å². The average molecular weight is 229 g/mol. The van der Waals surface area contributed by atoms with Gasteiger partial charge in [0.05, 0.1) is 5.60 Å². The minimum atomic E-state index is -0.715. The van der Waals surface area contributed by atoms with E-state index in [0.717, 1.165) is 32.4 Å². The van der Waals surface area contributed by atoms with E-state index in [2.05, 4.69) is 4.90 Å². The molecule has 1 heterocycles. The maximum atomic E-state index is 10.6. The Morgan fingerprint density at radius 3 is 2.56 bits per heavy atom. The van der Waals surface area contributed by atoms with Crippen LogP contribution in [-0.4, -0.2) is 46.3 Å². The van der Waals surface area contributed by atoms with Crippen molar-refractivity contribution >= 4 is 5.97 Å². The Balaban J connectivity index is 2.38. The van der Waals surface area contributed by atoms with Gasteiger partial charge < -0.3 is 15.1 Å². The summed E-state index contributed by atoms with van der Waals surface area (Å²) >= 11 is 0. The molecule has 4 heteroatoms. The fourth-order valence-electron chi connectivity index (χ4n) is 2.36. The second kappa shape index (κ2) is 5.64. The highest BCUT2D eigenvalue weighted by atomic mass is 16.4. The van der Waals surface area contributed by atoms with Crippen molar-refractivity contribution in [1.82, 2.24) is 4.90 Å². The minimum absolute atomic E-state index is 0.257. The zero-order valence-electron chi connectivity index (χ0n) is 10.3. The summed E-state index contributed by atoms with van der Waals surface area (Å²) in [7, 11) is 0. The van der Waals surface area contributed by atoms with Crippen LogP contribution in [0.2, 0.25) is 0 Å². The van der Waals surface area contributed by atoms with Gasteiger partial charge in [0.1, 0.15) is 0 Å². The van der Waals surface area contributed by atoms with Crippen LogP contribution in [0.4, 0.5) is 0 Å². The molecule has 1 atom stereocenters. The molecule has 1 aliphatic rings. The maximum absolute atomic E-state index is 10.6. The highest BCUT2D eigenvalue weighted by Gasteiger charge is 2.30. The molecule has 0 aliphatic carbocycles. The minimum Gasteiger partial charge on any atom is -0.481 e. The van der Waals surface area contributed by atoms with Gasteiger partial charge in [0, 0.05) is 19.5 Å². The lowest BCUT2D eigenvalue weighted by Crippen LogP contribution is -2.41. The second-order valence-electron chi connectivity index (χ2n) is 4.92. The number of carbonyl (C=O) groups is 1. The van der Waals surface area contributed by atoms with Gasteiger partial charge in [0.2, 0.25) is 0 Å². The number of carboxylic acids is 1. The number of nitrogens with zero attached hydrogens (tertiary/aromatic N) is 1. The first kappa shape index (κ1) is 13.5. The maximum Gasteiger partial charge on any atom is 0.303 e. The van der Waals surface area contributed by atoms with Crippen molar-refractivity contribution in [3.8, 4) is 0 Å². The van der Waals surface area contributed by atoms with Crippen molar-refractivity contribution in [3.63, 3.8) is 0 Å². The molecule has 1 fully saturated rings. The van der Waals surface area contributed by atoms with Crippen LogP contribution < -0.4 is 0 Å². The molecule has 0 radical (unpaired) electrons. The highest BCUT2D eigenvalue weighted by molar-refractivity contribution is 5.67. The van der Waals surface area contributed by atoms with E-state index in [0.29, 0.717) is 6.54 Å². The van der Waals surface area contributed by atoms with Gasteiger partial charge >= 0.3 is 5.97 Å². The summed E-state index contributed by atoms with van der Waals surface area (Å²) in [6.45, 7) is 6.40. The summed E-state index contributed by atoms with van der Waals surface area (Å²) in [5.74, 6) is -0.455. The van der Waals surface area contributed by atoms with E-state index in [9.17, 15) is 9.90 Å². The van der Waals surface area contributed by atoms with Crippen molar-refractivity contribution in [1.29, 1.82) is 0 Å². The highest BCUT2D eigenvalue weighted by Crippen LogP contribution is 2.24. The van der Waals surface area contributed by atoms with Crippen LogP contribution in [-0.2, 0) is 4.79 Å². The molecule has 0 spiro atoms. The first-order valence-electron chi connectivity index (χ1n) is 6.15. The SMILES string of the molecule is CCC(O)(CC)CN1CCC(CC(=O)O)C1. The number of carboxylic acid groups (broad SMARTS) is 1. The van der Waals surface area contributed by atoms with Gasteiger partial charge in [-0.25, -0.2) is 0 Å². The zero-order valence-corrected chi connectivity index (χ0v) is 10.3. The number of rotatable bonds is 6. The van der Waals surface area contributed by atoms with Gasteiger partial charge in [0.15, 0.2) is 0 Å². The summed E-state index contributed by atoms with van der Waals surface area (Å²) in [5.41, 5.74) is -0.599. The van der Waals surface area contributed by atoms with Crippen LogP contribution in [0.1, 0.15) is 39.5 Å². The molecule has 94 valence electrons. The Bertz CT molecular complexity index is 238. The van der Waals surface area contributed by atoms with E-state index in [4.69, 9.17) is 5.11 Å². The summed E-state index contributed by atoms with van der Waals surface area (Å²) in [4.78, 5) is 12.8. The summed E-state index contributed by atoms with van der Waals surface area (Å²) in [6.07, 6.45) is 2.70. The third-order valence-corrected chi connectivity index (χ3v) is 3.67. The predicted molar refractivity (Wildman–Crippen MR) is 62.3 cm³/mol. The second-order valence-corrected chi connectivity index (χ2v) is 4.92. The Kier molecular flexibility index (Phi) is 4.74. The fraction of sp³-hybridized carbons (Fsp3) is 0.917. The lowest BCUT2D eigenvalue weighted by Gasteiger charge is -2.30. The van der Waals surface area contributed by atoms with Crippen molar-refractivity contribution in [3.05, 3.63) is 0 Å². The number of hydrogen-bond acceptors (Lipinski definition) is 3. The zero-order chi connectivity index (χ0) is 12.2. The summed E-state index contributed by atoms with van der Waals surface area (Å²) in [6, 6.07) is 0. The molecular formula is C12H23NO3. The smallest absolute Gasteiger partial charge is 0.303 e. The Labute approximate surface area is 97.3 Å². The Hall–Kier alpha value is -0.610. The van der Waals surface area contributed by atoms with Gasteiger partial charge in [-0.15, -0.1) is 0 Å². The quantitative estimate of drug-likeness (QED) is 0.721. The molecule has 1 unspecified atom stereocenters. The van der Waals surface area contributed by atoms with E-state index in [-0.39, 0.29) is 12.3 Å². The lowest BCUT2D eigenvalue weighted by atomic mass is 9.97. The van der Waals surface area contributed by atoms with Crippen molar-refractivity contribution < 1.29 is 15.0 Å². The first-order chi connectivity index (χ1) is 7.49. The molecule has 0 aromatic carbocycles. The van der Waals surface area contributed by atoms with Gasteiger partial charge in [0.25, 0.3) is 0 Å². The molecule has 1 aliphatic heterocycles. The molecule has 0 aromatic heterocycles. The van der Waals surface area contributed by atoms with Crippen LogP contribution in [0.5, 0.6) is 0 Å². The third-order valence-electron chi connectivity index (χ3n) is 3.67. The number of aliphatic hydroxyl groups is 1. The van der Waals surface area contributed by atoms with E-state index in [1.54, 1.807) is 0 Å². The average Bonchev–Trinajstić information content (AvgIpc) is 2.64. The van der Waals surface area contributed by atoms with Crippen molar-refractivity contribution in [2.24, 2.45) is 5.92 Å². The van der Waals surface area contributed by atoms with Gasteiger partial charge in [-0.2, -0.15) is 0 Å². The third kappa shape index (κ3) is 3.76. The van der Waals surface area contributed by atoms with Crippen LogP contribution >= 0.6 is 0 Å². The van der Waals surface area contributed by atoms with Gasteiger partial charge in [-0.1, -0.05) is 13.8 Å².